The van der Waals surface area contributed by atoms with Crippen molar-refractivity contribution in [3.05, 3.63) is 0 Å². The first-order valence-electron chi connectivity index (χ1n) is 6.60. The zero-order valence-corrected chi connectivity index (χ0v) is 17.2. The minimum Gasteiger partial charge on any atom is -0.550 e. The molecule has 0 rings (SSSR count). The number of hydrogen-bond acceptors (Lipinski definition) is 15. The molecular weight excluding hydrogens is 480 g/mol. The van der Waals surface area contributed by atoms with Crippen LogP contribution in [0.15, 0.2) is 0 Å². The Morgan fingerprint density at radius 2 is 0.621 bits per heavy atom. The maximum atomic E-state index is 9.71. The van der Waals surface area contributed by atoms with Crippen molar-refractivity contribution in [2.75, 3.05) is 0 Å². The van der Waals surface area contributed by atoms with Gasteiger partial charge < -0.3 is 76.6 Å². The van der Waals surface area contributed by atoms with E-state index >= 15 is 0 Å². The molecule has 6 N–H and O–H groups in total. The van der Waals surface area contributed by atoms with Crippen LogP contribution in [0, 0.1) is 0 Å². The van der Waals surface area contributed by atoms with Gasteiger partial charge in [-0.15, -0.1) is 0 Å². The molecule has 0 fully saturated rings. The summed E-state index contributed by atoms with van der Waals surface area (Å²) in [5.41, 5.74) is 14.2. The predicted octanol–water partition coefficient (Wildman–Crippen LogP) is -11.4. The van der Waals surface area contributed by atoms with Crippen molar-refractivity contribution >= 4 is 35.8 Å². The number of rotatable bonds is 9. The van der Waals surface area contributed by atoms with Gasteiger partial charge in [0.25, 0.3) is 0 Å². The monoisotopic (exact) mass is 495 g/mol. The number of aliphatic carboxylic acids is 6. The van der Waals surface area contributed by atoms with Crippen molar-refractivity contribution in [1.29, 1.82) is 0 Å². The fourth-order valence-electron chi connectivity index (χ4n) is 0.789. The summed E-state index contributed by atoms with van der Waals surface area (Å²) in [6.45, 7) is 0. The summed E-state index contributed by atoms with van der Waals surface area (Å²) in [7, 11) is 0. The van der Waals surface area contributed by atoms with Crippen LogP contribution in [0.2, 0.25) is 0 Å². The normalized spacial score (nSPS) is 11.7. The molecule has 0 spiro atoms. The Morgan fingerprint density at radius 3 is 0.655 bits per heavy atom. The zero-order chi connectivity index (χ0) is 22.3. The number of carbonyl (C=O) groups excluding carboxylic acids is 6. The van der Waals surface area contributed by atoms with Gasteiger partial charge in [-0.25, -0.2) is 0 Å². The van der Waals surface area contributed by atoms with E-state index in [9.17, 15) is 59.4 Å². The zero-order valence-electron chi connectivity index (χ0n) is 14.4. The largest absolute Gasteiger partial charge is 0.550 e. The first-order chi connectivity index (χ1) is 12.1. The summed E-state index contributed by atoms with van der Waals surface area (Å²) in [5.74, 6) is -9.23. The summed E-state index contributed by atoms with van der Waals surface area (Å²) in [6, 6.07) is -4.39. The van der Waals surface area contributed by atoms with Crippen molar-refractivity contribution in [2.45, 2.75) is 37.4 Å². The summed E-state index contributed by atoms with van der Waals surface area (Å²) in [4.78, 5) is 58.0. The van der Waals surface area contributed by atoms with Crippen LogP contribution in [0.5, 0.6) is 0 Å². The maximum absolute atomic E-state index is 9.71. The van der Waals surface area contributed by atoms with Gasteiger partial charge in [0.1, 0.15) is 0 Å². The van der Waals surface area contributed by atoms with Crippen LogP contribution in [0.25, 0.3) is 0 Å². The summed E-state index contributed by atoms with van der Waals surface area (Å²) < 4.78 is 0. The van der Waals surface area contributed by atoms with E-state index in [1.54, 1.807) is 0 Å². The van der Waals surface area contributed by atoms with Gasteiger partial charge in [-0.2, -0.15) is 0 Å². The van der Waals surface area contributed by atoms with Crippen LogP contribution in [0.4, 0.5) is 0 Å². The van der Waals surface area contributed by atoms with E-state index in [4.69, 9.17) is 17.2 Å². The van der Waals surface area contributed by atoms with E-state index in [-0.39, 0.29) is 37.1 Å². The van der Waals surface area contributed by atoms with Crippen LogP contribution in [0.1, 0.15) is 19.3 Å². The molecule has 0 aromatic heterocycles. The Bertz CT molecular complexity index is 484. The van der Waals surface area contributed by atoms with Crippen molar-refractivity contribution < 1.29 is 96.5 Å². The van der Waals surface area contributed by atoms with Crippen LogP contribution in [-0.2, 0) is 65.9 Å². The maximum Gasteiger partial charge on any atom is 0.0586 e. The molecule has 0 saturated carbocycles. The number of carboxylic acids is 6. The molecule has 0 heterocycles. The first kappa shape index (κ1) is 37.6. The van der Waals surface area contributed by atoms with Crippen molar-refractivity contribution in [3.8, 4) is 0 Å². The van der Waals surface area contributed by atoms with Crippen LogP contribution in [0.3, 0.4) is 0 Å². The minimum atomic E-state index is -1.58. The Labute approximate surface area is 187 Å². The van der Waals surface area contributed by atoms with Crippen LogP contribution in [-0.4, -0.2) is 53.9 Å². The molecule has 3 unspecified atom stereocenters. The molecular formula is C12H15N3O12V2-6. The average molecular weight is 495 g/mol. The van der Waals surface area contributed by atoms with Crippen LogP contribution >= 0.6 is 0 Å². The summed E-state index contributed by atoms with van der Waals surface area (Å²) in [6.07, 6.45) is -2.12. The molecule has 17 heteroatoms. The van der Waals surface area contributed by atoms with E-state index < -0.39 is 73.2 Å². The summed E-state index contributed by atoms with van der Waals surface area (Å²) in [5, 5.41) is 58.0. The first-order valence-corrected chi connectivity index (χ1v) is 6.60. The van der Waals surface area contributed by atoms with Crippen molar-refractivity contribution in [3.63, 3.8) is 0 Å². The van der Waals surface area contributed by atoms with E-state index in [1.165, 1.54) is 0 Å². The molecule has 166 valence electrons. The van der Waals surface area contributed by atoms with Gasteiger partial charge in [-0.05, 0) is 0 Å². The molecule has 0 aliphatic carbocycles. The Balaban J connectivity index is -0.0000000960. The van der Waals surface area contributed by atoms with Gasteiger partial charge in [-0.3, -0.25) is 0 Å². The molecule has 0 saturated heterocycles. The van der Waals surface area contributed by atoms with Gasteiger partial charge in [0.15, 0.2) is 0 Å². The second-order valence-electron chi connectivity index (χ2n) is 4.50. The minimum absolute atomic E-state index is 0. The van der Waals surface area contributed by atoms with Gasteiger partial charge in [-0.1, -0.05) is 0 Å². The van der Waals surface area contributed by atoms with Crippen molar-refractivity contribution in [2.24, 2.45) is 17.2 Å². The molecule has 29 heavy (non-hydrogen) atoms. The number of carboxylic acid groups (broad SMARTS) is 6. The number of nitrogens with two attached hydrogens (primary N) is 3. The van der Waals surface area contributed by atoms with Gasteiger partial charge >= 0.3 is 0 Å². The number of hydrogen-bond donors (Lipinski definition) is 3. The Morgan fingerprint density at radius 1 is 0.483 bits per heavy atom. The molecule has 0 amide bonds. The second kappa shape index (κ2) is 20.6. The molecule has 0 aromatic carbocycles. The molecule has 15 nitrogen and oxygen atoms in total. The molecule has 0 aliphatic heterocycles. The molecule has 2 radical (unpaired) electrons. The average Bonchev–Trinajstić information content (AvgIpc) is 2.46. The van der Waals surface area contributed by atoms with E-state index in [0.29, 0.717) is 0 Å². The van der Waals surface area contributed by atoms with Gasteiger partial charge in [0.2, 0.25) is 0 Å². The molecule has 0 aliphatic rings. The summed E-state index contributed by atoms with van der Waals surface area (Å²) >= 11 is 0. The van der Waals surface area contributed by atoms with Crippen LogP contribution < -0.4 is 47.8 Å². The Hall–Kier alpha value is -2.13. The molecule has 0 bridgehead atoms. The van der Waals surface area contributed by atoms with Crippen molar-refractivity contribution in [1.82, 2.24) is 0 Å². The third-order valence-corrected chi connectivity index (χ3v) is 2.07. The predicted molar refractivity (Wildman–Crippen MR) is 67.8 cm³/mol. The standard InChI is InChI=1S/3C4H7NO4.2V/c3*5-2(4(8)9)1-3(6)7;;/h3*2H,1,5H2,(H,6,7)(H,8,9);;/p-6. The Kier molecular flexibility index (Phi) is 26.7. The smallest absolute Gasteiger partial charge is 0.0586 e. The molecule has 0 aromatic rings. The number of carbonyl (C=O) groups is 6. The second-order valence-corrected chi connectivity index (χ2v) is 4.50. The quantitative estimate of drug-likeness (QED) is 0.267. The SMILES string of the molecule is NC(CC(=O)[O-])C(=O)[O-].NC(CC(=O)[O-])C(=O)[O-].NC(CC(=O)[O-])C(=O)[O-].[V].[V]. The third kappa shape index (κ3) is 30.8. The van der Waals surface area contributed by atoms with E-state index in [0.717, 1.165) is 0 Å². The fraction of sp³-hybridized carbons (Fsp3) is 0.500. The topological polar surface area (TPSA) is 319 Å². The van der Waals surface area contributed by atoms with Gasteiger partial charge in [0, 0.05) is 92.4 Å². The van der Waals surface area contributed by atoms with Gasteiger partial charge in [0.05, 0.1) is 17.9 Å². The van der Waals surface area contributed by atoms with E-state index in [2.05, 4.69) is 0 Å². The third-order valence-electron chi connectivity index (χ3n) is 2.07. The van der Waals surface area contributed by atoms with E-state index in [1.807, 2.05) is 0 Å². The fourth-order valence-corrected chi connectivity index (χ4v) is 0.789. The molecule has 3 atom stereocenters.